The molecule has 0 amide bonds. The van der Waals surface area contributed by atoms with Gasteiger partial charge in [0.05, 0.1) is 0 Å². The fourth-order valence-corrected chi connectivity index (χ4v) is 9.58. The quantitative estimate of drug-likeness (QED) is 0.214. The molecule has 0 aliphatic heterocycles. The molecule has 2 aliphatic rings. The van der Waals surface area contributed by atoms with E-state index in [2.05, 4.69) is 45.9 Å². The molecule has 0 nitrogen and oxygen atoms in total. The minimum absolute atomic E-state index is 0. The number of rotatable bonds is 6. The fraction of sp³-hybridized carbons (Fsp3) is 0.643. The maximum Gasteiger partial charge on any atom is 0 e. The van der Waals surface area contributed by atoms with Crippen molar-refractivity contribution in [3.8, 4) is 0 Å². The van der Waals surface area contributed by atoms with E-state index in [0.717, 1.165) is 29.0 Å². The van der Waals surface area contributed by atoms with Gasteiger partial charge in [-0.05, 0) is 47.8 Å². The molecule has 2 aromatic carbocycles. The van der Waals surface area contributed by atoms with E-state index in [9.17, 15) is 0 Å². The molecule has 0 aromatic heterocycles. The van der Waals surface area contributed by atoms with Crippen molar-refractivity contribution in [2.24, 2.45) is 11.8 Å². The third kappa shape index (κ3) is 7.28. The van der Waals surface area contributed by atoms with Crippen LogP contribution in [0.3, 0.4) is 0 Å². The zero-order valence-corrected chi connectivity index (χ0v) is 23.3. The molecule has 0 spiro atoms. The van der Waals surface area contributed by atoms with Gasteiger partial charge in [0, 0.05) is 17.1 Å². The zero-order chi connectivity index (χ0) is 21.5. The molecule has 180 valence electrons. The van der Waals surface area contributed by atoms with E-state index >= 15 is 0 Å². The minimum atomic E-state index is 0. The predicted octanol–water partition coefficient (Wildman–Crippen LogP) is 8.13. The SMILES string of the molecule is CC(C)C1(Pc2ccc[c-]2PC2(C(C)C)CCCCC2)CCCCC1.[Fe].[cH-]1[cH-][cH-][cH-][cH-]1. The Morgan fingerprint density at radius 2 is 1.19 bits per heavy atom. The van der Waals surface area contributed by atoms with Gasteiger partial charge < -0.3 is 30.3 Å². The first-order chi connectivity index (χ1) is 14.5. The summed E-state index contributed by atoms with van der Waals surface area (Å²) in [5.74, 6) is 1.65. The van der Waals surface area contributed by atoms with E-state index in [1.165, 1.54) is 64.2 Å². The van der Waals surface area contributed by atoms with Crippen LogP contribution >= 0.6 is 17.2 Å². The van der Waals surface area contributed by atoms with Gasteiger partial charge in [0.15, 0.2) is 0 Å². The van der Waals surface area contributed by atoms with Crippen LogP contribution in [0.5, 0.6) is 0 Å². The standard InChI is InChI=1S/C23H39P2.C5H5.Fe/c1-18(2)22(14-7-5-8-15-22)24-20-12-11-13-21(20)25-23(19(3)4)16-9-6-10-17-23;1-2-4-5-3-1;/h11-13,18-19,24-25H,5-10,14-17H2,1-4H3;1-5H;/q-1;-5;. The van der Waals surface area contributed by atoms with Gasteiger partial charge in [-0.1, -0.05) is 66.2 Å². The average Bonchev–Trinajstić information content (AvgIpc) is 3.45. The molecule has 2 aliphatic carbocycles. The summed E-state index contributed by atoms with van der Waals surface area (Å²) in [6.07, 6.45) is 14.6. The molecule has 0 saturated heterocycles. The van der Waals surface area contributed by atoms with Gasteiger partial charge >= 0.3 is 0 Å². The second-order valence-corrected chi connectivity index (χ2v) is 13.9. The molecule has 0 N–H and O–H groups in total. The van der Waals surface area contributed by atoms with Gasteiger partial charge in [-0.25, -0.2) is 12.1 Å². The molecule has 0 radical (unpaired) electrons. The number of hydrogen-bond donors (Lipinski definition) is 0. The minimum Gasteiger partial charge on any atom is -0.748 e. The maximum atomic E-state index is 2.49. The molecule has 2 aromatic rings. The van der Waals surface area contributed by atoms with Gasteiger partial charge in [0.1, 0.15) is 0 Å². The molecule has 2 fully saturated rings. The fourth-order valence-electron chi connectivity index (χ4n) is 5.55. The molecule has 31 heavy (non-hydrogen) atoms. The molecule has 3 heteroatoms. The summed E-state index contributed by atoms with van der Waals surface area (Å²) in [6.45, 7) is 9.94. The second-order valence-electron chi connectivity index (χ2n) is 10.3. The van der Waals surface area contributed by atoms with Gasteiger partial charge in [-0.2, -0.15) is 6.07 Å². The third-order valence-corrected chi connectivity index (χ3v) is 12.7. The Morgan fingerprint density at radius 1 is 0.742 bits per heavy atom. The Bertz CT molecular complexity index is 637. The van der Waals surface area contributed by atoms with Crippen LogP contribution in [-0.2, 0) is 17.1 Å². The monoisotopic (exact) mass is 498 g/mol. The summed E-state index contributed by atoms with van der Waals surface area (Å²) in [7, 11) is 2.07. The van der Waals surface area contributed by atoms with Gasteiger partial charge in [0.2, 0.25) is 0 Å². The van der Waals surface area contributed by atoms with Crippen molar-refractivity contribution in [2.75, 3.05) is 0 Å². The van der Waals surface area contributed by atoms with Crippen molar-refractivity contribution >= 4 is 27.8 Å². The summed E-state index contributed by atoms with van der Waals surface area (Å²) in [5, 5.41) is 4.67. The van der Waals surface area contributed by atoms with Crippen molar-refractivity contribution in [3.05, 3.63) is 48.5 Å². The largest absolute Gasteiger partial charge is 0.748 e. The van der Waals surface area contributed by atoms with Crippen LogP contribution in [0.2, 0.25) is 0 Å². The van der Waals surface area contributed by atoms with Crippen LogP contribution < -0.4 is 10.6 Å². The van der Waals surface area contributed by atoms with Crippen LogP contribution in [0.25, 0.3) is 0 Å². The summed E-state index contributed by atoms with van der Waals surface area (Å²) < 4.78 is 0. The molecule has 2 saturated carbocycles. The van der Waals surface area contributed by atoms with E-state index in [0.29, 0.717) is 10.3 Å². The summed E-state index contributed by atoms with van der Waals surface area (Å²) >= 11 is 0. The van der Waals surface area contributed by atoms with Crippen LogP contribution in [0.15, 0.2) is 48.5 Å². The summed E-state index contributed by atoms with van der Waals surface area (Å²) in [4.78, 5) is 0. The molecule has 2 unspecified atom stereocenters. The van der Waals surface area contributed by atoms with Crippen molar-refractivity contribution in [2.45, 2.75) is 102 Å². The van der Waals surface area contributed by atoms with Crippen LogP contribution in [-0.4, -0.2) is 10.3 Å². The molecular formula is C28H44FeP2-6. The van der Waals surface area contributed by atoms with Crippen LogP contribution in [0, 0.1) is 11.8 Å². The molecule has 0 bridgehead atoms. The normalized spacial score (nSPS) is 20.8. The first-order valence-electron chi connectivity index (χ1n) is 12.5. The predicted molar refractivity (Wildman–Crippen MR) is 141 cm³/mol. The Balaban J connectivity index is 0.000000501. The topological polar surface area (TPSA) is 0 Å². The summed E-state index contributed by atoms with van der Waals surface area (Å²) in [6, 6.07) is 17.3. The van der Waals surface area contributed by atoms with E-state index in [4.69, 9.17) is 0 Å². The van der Waals surface area contributed by atoms with Crippen molar-refractivity contribution < 1.29 is 17.1 Å². The Kier molecular flexibility index (Phi) is 11.5. The van der Waals surface area contributed by atoms with Gasteiger partial charge in [-0.3, -0.25) is 0 Å². The number of hydrogen-bond acceptors (Lipinski definition) is 0. The van der Waals surface area contributed by atoms with Crippen molar-refractivity contribution in [1.29, 1.82) is 0 Å². The smallest absolute Gasteiger partial charge is 0 e. The third-order valence-electron chi connectivity index (χ3n) is 7.84. The Labute approximate surface area is 206 Å². The van der Waals surface area contributed by atoms with Crippen LogP contribution in [0.1, 0.15) is 91.9 Å². The van der Waals surface area contributed by atoms with Crippen molar-refractivity contribution in [3.63, 3.8) is 0 Å². The zero-order valence-electron chi connectivity index (χ0n) is 20.2. The first kappa shape index (κ1) is 27.3. The molecule has 2 atom stereocenters. The molecule has 0 heterocycles. The Hall–Kier alpha value is 0.0795. The van der Waals surface area contributed by atoms with E-state index < -0.39 is 0 Å². The van der Waals surface area contributed by atoms with Crippen molar-refractivity contribution in [1.82, 2.24) is 0 Å². The average molecular weight is 498 g/mol. The van der Waals surface area contributed by atoms with E-state index in [1.807, 2.05) is 30.3 Å². The summed E-state index contributed by atoms with van der Waals surface area (Å²) in [5.41, 5.74) is 0. The van der Waals surface area contributed by atoms with Gasteiger partial charge in [-0.15, -0.1) is 27.8 Å². The van der Waals surface area contributed by atoms with Crippen LogP contribution in [0.4, 0.5) is 0 Å². The second kappa shape index (κ2) is 13.1. The maximum absolute atomic E-state index is 2.49. The van der Waals surface area contributed by atoms with Gasteiger partial charge in [0.25, 0.3) is 0 Å². The Morgan fingerprint density at radius 3 is 1.65 bits per heavy atom. The van der Waals surface area contributed by atoms with E-state index in [-0.39, 0.29) is 17.1 Å². The molecular weight excluding hydrogens is 454 g/mol. The van der Waals surface area contributed by atoms with E-state index in [1.54, 1.807) is 10.6 Å². The first-order valence-corrected chi connectivity index (χ1v) is 14.5. The molecule has 4 rings (SSSR count).